The molecule has 0 radical (unpaired) electrons. The van der Waals surface area contributed by atoms with Crippen LogP contribution in [0.3, 0.4) is 0 Å². The molecule has 2 N–H and O–H groups in total. The van der Waals surface area contributed by atoms with Crippen LogP contribution in [0.2, 0.25) is 5.02 Å². The molecule has 1 fully saturated rings. The van der Waals surface area contributed by atoms with Crippen LogP contribution >= 0.6 is 23.4 Å². The maximum absolute atomic E-state index is 6.27. The predicted octanol–water partition coefficient (Wildman–Crippen LogP) is 3.56. The zero-order valence-electron chi connectivity index (χ0n) is 11.7. The number of benzene rings is 1. The molecule has 0 bridgehead atoms. The van der Waals surface area contributed by atoms with E-state index in [1.54, 1.807) is 0 Å². The van der Waals surface area contributed by atoms with Crippen molar-refractivity contribution in [1.82, 2.24) is 4.90 Å². The molecule has 2 nitrogen and oxygen atoms in total. The fraction of sp³-hybridized carbons (Fsp3) is 0.600. The van der Waals surface area contributed by atoms with E-state index >= 15 is 0 Å². The van der Waals surface area contributed by atoms with E-state index < -0.39 is 0 Å². The number of hydrogen-bond acceptors (Lipinski definition) is 3. The van der Waals surface area contributed by atoms with E-state index in [0.29, 0.717) is 6.04 Å². The summed E-state index contributed by atoms with van der Waals surface area (Å²) in [6, 6.07) is 8.65. The normalized spacial score (nSPS) is 26.3. The first kappa shape index (κ1) is 15.2. The van der Waals surface area contributed by atoms with E-state index in [0.717, 1.165) is 23.2 Å². The quantitative estimate of drug-likeness (QED) is 0.921. The molecule has 4 heteroatoms. The Morgan fingerprint density at radius 2 is 2.05 bits per heavy atom. The first-order valence-electron chi connectivity index (χ1n) is 6.94. The molecule has 106 valence electrons. The lowest BCUT2D eigenvalue weighted by atomic mass is 10.0. The van der Waals surface area contributed by atoms with Crippen LogP contribution in [-0.2, 0) is 0 Å². The summed E-state index contributed by atoms with van der Waals surface area (Å²) in [6.45, 7) is 6.91. The summed E-state index contributed by atoms with van der Waals surface area (Å²) in [4.78, 5) is 2.57. The van der Waals surface area contributed by atoms with Gasteiger partial charge in [-0.05, 0) is 31.0 Å². The lowest BCUT2D eigenvalue weighted by molar-refractivity contribution is 0.206. The second kappa shape index (κ2) is 6.98. The van der Waals surface area contributed by atoms with Crippen LogP contribution in [0.4, 0.5) is 0 Å². The molecular weight excluding hydrogens is 276 g/mol. The van der Waals surface area contributed by atoms with Gasteiger partial charge >= 0.3 is 0 Å². The van der Waals surface area contributed by atoms with E-state index in [4.69, 9.17) is 17.3 Å². The first-order chi connectivity index (χ1) is 9.08. The van der Waals surface area contributed by atoms with Crippen molar-refractivity contribution in [3.8, 4) is 0 Å². The van der Waals surface area contributed by atoms with E-state index in [1.165, 1.54) is 17.9 Å². The molecule has 1 heterocycles. The molecule has 1 aromatic rings. The van der Waals surface area contributed by atoms with Crippen LogP contribution < -0.4 is 5.73 Å². The number of hydrogen-bond donors (Lipinski definition) is 1. The Morgan fingerprint density at radius 1 is 1.37 bits per heavy atom. The Bertz CT molecular complexity index is 396. The van der Waals surface area contributed by atoms with Crippen LogP contribution in [0.25, 0.3) is 0 Å². The Balaban J connectivity index is 1.86. The van der Waals surface area contributed by atoms with E-state index in [-0.39, 0.29) is 6.04 Å². The first-order valence-corrected chi connectivity index (χ1v) is 8.37. The molecule has 0 aliphatic carbocycles. The van der Waals surface area contributed by atoms with Crippen molar-refractivity contribution in [1.29, 1.82) is 0 Å². The molecule has 3 atom stereocenters. The fourth-order valence-electron chi connectivity index (χ4n) is 2.49. The highest BCUT2D eigenvalue weighted by atomic mass is 35.5. The second-order valence-corrected chi connectivity index (χ2v) is 7.22. The predicted molar refractivity (Wildman–Crippen MR) is 86.0 cm³/mol. The number of halogens is 1. The van der Waals surface area contributed by atoms with E-state index in [9.17, 15) is 0 Å². The van der Waals surface area contributed by atoms with Gasteiger partial charge in [-0.15, -0.1) is 0 Å². The molecule has 1 saturated heterocycles. The van der Waals surface area contributed by atoms with Crippen molar-refractivity contribution in [2.45, 2.75) is 37.6 Å². The molecule has 3 unspecified atom stereocenters. The standard InChI is InChI=1S/C15H23ClN2S/c1-11-12(2)19-10-9-18(11)8-7-15(17)13-3-5-14(16)6-4-13/h3-6,11-12,15H,7-10,17H2,1-2H3. The summed E-state index contributed by atoms with van der Waals surface area (Å²) in [5.74, 6) is 1.24. The largest absolute Gasteiger partial charge is 0.324 e. The number of nitrogens with two attached hydrogens (primary N) is 1. The number of rotatable bonds is 4. The maximum atomic E-state index is 6.27. The van der Waals surface area contributed by atoms with Crippen LogP contribution in [-0.4, -0.2) is 35.0 Å². The molecule has 19 heavy (non-hydrogen) atoms. The van der Waals surface area contributed by atoms with Gasteiger partial charge in [-0.3, -0.25) is 4.90 Å². The highest BCUT2D eigenvalue weighted by Gasteiger charge is 2.25. The third-order valence-corrected chi connectivity index (χ3v) is 5.63. The molecule has 0 saturated carbocycles. The van der Waals surface area contributed by atoms with Gasteiger partial charge in [0, 0.05) is 41.2 Å². The third kappa shape index (κ3) is 4.12. The minimum absolute atomic E-state index is 0.106. The summed E-state index contributed by atoms with van der Waals surface area (Å²) < 4.78 is 0. The molecule has 0 spiro atoms. The van der Waals surface area contributed by atoms with Crippen molar-refractivity contribution >= 4 is 23.4 Å². The zero-order chi connectivity index (χ0) is 13.8. The van der Waals surface area contributed by atoms with Gasteiger partial charge in [-0.1, -0.05) is 30.7 Å². The van der Waals surface area contributed by atoms with Crippen molar-refractivity contribution in [3.05, 3.63) is 34.9 Å². The molecule has 0 amide bonds. The van der Waals surface area contributed by atoms with Crippen molar-refractivity contribution < 1.29 is 0 Å². The average molecular weight is 299 g/mol. The number of nitrogens with zero attached hydrogens (tertiary/aromatic N) is 1. The van der Waals surface area contributed by atoms with Crippen LogP contribution in [0.5, 0.6) is 0 Å². The molecule has 1 aromatic carbocycles. The van der Waals surface area contributed by atoms with Crippen LogP contribution in [0.15, 0.2) is 24.3 Å². The summed E-state index contributed by atoms with van der Waals surface area (Å²) in [7, 11) is 0. The number of thioether (sulfide) groups is 1. The van der Waals surface area contributed by atoms with Gasteiger partial charge in [0.15, 0.2) is 0 Å². The smallest absolute Gasteiger partial charge is 0.0406 e. The molecule has 2 rings (SSSR count). The van der Waals surface area contributed by atoms with Crippen LogP contribution in [0.1, 0.15) is 31.9 Å². The summed E-state index contributed by atoms with van der Waals surface area (Å²) in [6.07, 6.45) is 1.00. The summed E-state index contributed by atoms with van der Waals surface area (Å²) in [5.41, 5.74) is 7.44. The van der Waals surface area contributed by atoms with Crippen molar-refractivity contribution in [3.63, 3.8) is 0 Å². The monoisotopic (exact) mass is 298 g/mol. The SMILES string of the molecule is CC1SCCN(CCC(N)c2ccc(Cl)cc2)C1C. The van der Waals surface area contributed by atoms with Gasteiger partial charge in [0.05, 0.1) is 0 Å². The molecule has 0 aromatic heterocycles. The molecule has 1 aliphatic heterocycles. The van der Waals surface area contributed by atoms with E-state index in [2.05, 4.69) is 30.5 Å². The van der Waals surface area contributed by atoms with Gasteiger partial charge in [0.1, 0.15) is 0 Å². The minimum Gasteiger partial charge on any atom is -0.324 e. The van der Waals surface area contributed by atoms with Gasteiger partial charge in [-0.25, -0.2) is 0 Å². The Morgan fingerprint density at radius 3 is 2.74 bits per heavy atom. The van der Waals surface area contributed by atoms with Gasteiger partial charge in [0.25, 0.3) is 0 Å². The maximum Gasteiger partial charge on any atom is 0.0406 e. The van der Waals surface area contributed by atoms with Crippen molar-refractivity contribution in [2.75, 3.05) is 18.8 Å². The fourth-order valence-corrected chi connectivity index (χ4v) is 3.78. The van der Waals surface area contributed by atoms with Gasteiger partial charge < -0.3 is 5.73 Å². The highest BCUT2D eigenvalue weighted by Crippen LogP contribution is 2.25. The topological polar surface area (TPSA) is 29.3 Å². The Hall–Kier alpha value is -0.220. The Kier molecular flexibility index (Phi) is 5.58. The average Bonchev–Trinajstić information content (AvgIpc) is 2.41. The minimum atomic E-state index is 0.106. The van der Waals surface area contributed by atoms with E-state index in [1.807, 2.05) is 24.3 Å². The lowest BCUT2D eigenvalue weighted by Gasteiger charge is -2.38. The summed E-state index contributed by atoms with van der Waals surface area (Å²) >= 11 is 7.97. The highest BCUT2D eigenvalue weighted by molar-refractivity contribution is 8.00. The van der Waals surface area contributed by atoms with Crippen LogP contribution in [0, 0.1) is 0 Å². The Labute approximate surface area is 125 Å². The van der Waals surface area contributed by atoms with Crippen molar-refractivity contribution in [2.24, 2.45) is 5.73 Å². The van der Waals surface area contributed by atoms with Gasteiger partial charge in [0.2, 0.25) is 0 Å². The third-order valence-electron chi connectivity index (χ3n) is 4.04. The lowest BCUT2D eigenvalue weighted by Crippen LogP contribution is -2.45. The summed E-state index contributed by atoms with van der Waals surface area (Å²) in [5, 5.41) is 1.49. The van der Waals surface area contributed by atoms with Gasteiger partial charge in [-0.2, -0.15) is 11.8 Å². The molecule has 1 aliphatic rings. The zero-order valence-corrected chi connectivity index (χ0v) is 13.3. The second-order valence-electron chi connectivity index (χ2n) is 5.30. The molecular formula is C15H23ClN2S.